The lowest BCUT2D eigenvalue weighted by Crippen LogP contribution is -2.19. The summed E-state index contributed by atoms with van der Waals surface area (Å²) in [6.07, 6.45) is 5.70. The number of rotatable bonds is 3. The molecular formula is C12H16N4. The SMILES string of the molecule is CNC(c1cnn(C)c1)c1ncccc1C. The van der Waals surface area contributed by atoms with Gasteiger partial charge in [-0.3, -0.25) is 9.67 Å². The largest absolute Gasteiger partial charge is 0.308 e. The Morgan fingerprint density at radius 2 is 2.25 bits per heavy atom. The van der Waals surface area contributed by atoms with E-state index in [0.29, 0.717) is 0 Å². The second-order valence-electron chi connectivity index (χ2n) is 3.87. The number of nitrogens with zero attached hydrogens (tertiary/aromatic N) is 3. The van der Waals surface area contributed by atoms with Crippen LogP contribution in [0.4, 0.5) is 0 Å². The van der Waals surface area contributed by atoms with Gasteiger partial charge in [-0.05, 0) is 25.6 Å². The molecule has 0 spiro atoms. The summed E-state index contributed by atoms with van der Waals surface area (Å²) in [5, 5.41) is 7.46. The number of hydrogen-bond acceptors (Lipinski definition) is 3. The summed E-state index contributed by atoms with van der Waals surface area (Å²) in [5.41, 5.74) is 3.37. The van der Waals surface area contributed by atoms with Crippen molar-refractivity contribution in [3.8, 4) is 0 Å². The number of hydrogen-bond donors (Lipinski definition) is 1. The summed E-state index contributed by atoms with van der Waals surface area (Å²) in [4.78, 5) is 4.44. The topological polar surface area (TPSA) is 42.7 Å². The van der Waals surface area contributed by atoms with Crippen molar-refractivity contribution in [2.24, 2.45) is 7.05 Å². The molecule has 0 aromatic carbocycles. The summed E-state index contributed by atoms with van der Waals surface area (Å²) in [7, 11) is 3.85. The normalized spacial score (nSPS) is 12.7. The van der Waals surface area contributed by atoms with E-state index in [1.807, 2.05) is 38.8 Å². The van der Waals surface area contributed by atoms with Gasteiger partial charge in [0.25, 0.3) is 0 Å². The van der Waals surface area contributed by atoms with E-state index in [2.05, 4.69) is 28.4 Å². The van der Waals surface area contributed by atoms with Gasteiger partial charge in [0.15, 0.2) is 0 Å². The van der Waals surface area contributed by atoms with Crippen LogP contribution in [0.5, 0.6) is 0 Å². The van der Waals surface area contributed by atoms with Gasteiger partial charge in [0.1, 0.15) is 0 Å². The summed E-state index contributed by atoms with van der Waals surface area (Å²) in [5.74, 6) is 0. The minimum atomic E-state index is 0.106. The molecule has 0 bridgehead atoms. The Morgan fingerprint density at radius 1 is 1.44 bits per heavy atom. The Morgan fingerprint density at radius 3 is 2.81 bits per heavy atom. The minimum Gasteiger partial charge on any atom is -0.308 e. The molecule has 1 unspecified atom stereocenters. The van der Waals surface area contributed by atoms with Crippen LogP contribution in [0.3, 0.4) is 0 Å². The zero-order valence-electron chi connectivity index (χ0n) is 9.81. The van der Waals surface area contributed by atoms with Crippen molar-refractivity contribution in [2.75, 3.05) is 7.05 Å². The van der Waals surface area contributed by atoms with Gasteiger partial charge in [0.05, 0.1) is 17.9 Å². The molecule has 0 amide bonds. The molecule has 0 aliphatic heterocycles. The van der Waals surface area contributed by atoms with Gasteiger partial charge in [0.2, 0.25) is 0 Å². The van der Waals surface area contributed by atoms with Crippen LogP contribution in [0.15, 0.2) is 30.7 Å². The Kier molecular flexibility index (Phi) is 3.01. The quantitative estimate of drug-likeness (QED) is 0.844. The van der Waals surface area contributed by atoms with Crippen molar-refractivity contribution in [1.29, 1.82) is 0 Å². The maximum atomic E-state index is 4.44. The molecule has 2 aromatic rings. The Labute approximate surface area is 95.3 Å². The standard InChI is InChI=1S/C12H16N4/c1-9-5-4-6-14-11(9)12(13-2)10-7-15-16(3)8-10/h4-8,12-13H,1-3H3. The molecule has 0 saturated heterocycles. The van der Waals surface area contributed by atoms with E-state index in [1.54, 1.807) is 4.68 Å². The van der Waals surface area contributed by atoms with Crippen molar-refractivity contribution >= 4 is 0 Å². The first kappa shape index (κ1) is 10.8. The zero-order chi connectivity index (χ0) is 11.5. The van der Waals surface area contributed by atoms with Crippen LogP contribution < -0.4 is 5.32 Å². The van der Waals surface area contributed by atoms with E-state index in [4.69, 9.17) is 0 Å². The van der Waals surface area contributed by atoms with Crippen molar-refractivity contribution in [1.82, 2.24) is 20.1 Å². The fourth-order valence-corrected chi connectivity index (χ4v) is 1.85. The summed E-state index contributed by atoms with van der Waals surface area (Å²) in [6, 6.07) is 4.13. The van der Waals surface area contributed by atoms with Crippen LogP contribution in [-0.2, 0) is 7.05 Å². The lowest BCUT2D eigenvalue weighted by molar-refractivity contribution is 0.664. The Hall–Kier alpha value is -1.68. The lowest BCUT2D eigenvalue weighted by Gasteiger charge is -2.15. The molecule has 84 valence electrons. The first-order chi connectivity index (χ1) is 7.72. The highest BCUT2D eigenvalue weighted by molar-refractivity contribution is 5.29. The monoisotopic (exact) mass is 216 g/mol. The number of aryl methyl sites for hydroxylation is 2. The molecule has 2 heterocycles. The molecule has 2 rings (SSSR count). The first-order valence-corrected chi connectivity index (χ1v) is 5.29. The second-order valence-corrected chi connectivity index (χ2v) is 3.87. The Balaban J connectivity index is 2.40. The number of aromatic nitrogens is 3. The van der Waals surface area contributed by atoms with Crippen LogP contribution in [0.2, 0.25) is 0 Å². The molecular weight excluding hydrogens is 200 g/mol. The van der Waals surface area contributed by atoms with Gasteiger partial charge in [-0.2, -0.15) is 5.10 Å². The van der Waals surface area contributed by atoms with Crippen LogP contribution in [0.1, 0.15) is 22.9 Å². The van der Waals surface area contributed by atoms with Crippen LogP contribution in [0, 0.1) is 6.92 Å². The molecule has 0 saturated carbocycles. The molecule has 4 nitrogen and oxygen atoms in total. The van der Waals surface area contributed by atoms with Crippen molar-refractivity contribution in [3.63, 3.8) is 0 Å². The third kappa shape index (κ3) is 1.97. The molecule has 1 atom stereocenters. The van der Waals surface area contributed by atoms with Gasteiger partial charge in [-0.25, -0.2) is 0 Å². The average Bonchev–Trinajstić information content (AvgIpc) is 2.69. The highest BCUT2D eigenvalue weighted by Gasteiger charge is 2.16. The zero-order valence-corrected chi connectivity index (χ0v) is 9.81. The van der Waals surface area contributed by atoms with Gasteiger partial charge < -0.3 is 5.32 Å². The smallest absolute Gasteiger partial charge is 0.0782 e. The summed E-state index contributed by atoms with van der Waals surface area (Å²) < 4.78 is 1.80. The van der Waals surface area contributed by atoms with Gasteiger partial charge in [-0.1, -0.05) is 6.07 Å². The fourth-order valence-electron chi connectivity index (χ4n) is 1.85. The second kappa shape index (κ2) is 4.45. The Bertz CT molecular complexity index is 475. The van der Waals surface area contributed by atoms with E-state index < -0.39 is 0 Å². The van der Waals surface area contributed by atoms with Crippen molar-refractivity contribution in [2.45, 2.75) is 13.0 Å². The van der Waals surface area contributed by atoms with Crippen molar-refractivity contribution < 1.29 is 0 Å². The van der Waals surface area contributed by atoms with Crippen molar-refractivity contribution in [3.05, 3.63) is 47.5 Å². The molecule has 16 heavy (non-hydrogen) atoms. The lowest BCUT2D eigenvalue weighted by atomic mass is 10.0. The van der Waals surface area contributed by atoms with Gasteiger partial charge in [0, 0.05) is 25.0 Å². The molecule has 0 fully saturated rings. The third-order valence-corrected chi connectivity index (χ3v) is 2.67. The van der Waals surface area contributed by atoms with E-state index in [0.717, 1.165) is 11.3 Å². The number of nitrogens with one attached hydrogen (secondary N) is 1. The molecule has 0 aliphatic carbocycles. The molecule has 4 heteroatoms. The predicted molar refractivity (Wildman–Crippen MR) is 63.1 cm³/mol. The van der Waals surface area contributed by atoms with E-state index in [1.165, 1.54) is 5.56 Å². The predicted octanol–water partition coefficient (Wildman–Crippen LogP) is 1.43. The van der Waals surface area contributed by atoms with Gasteiger partial charge >= 0.3 is 0 Å². The average molecular weight is 216 g/mol. The maximum Gasteiger partial charge on any atom is 0.0782 e. The van der Waals surface area contributed by atoms with Gasteiger partial charge in [-0.15, -0.1) is 0 Å². The van der Waals surface area contributed by atoms with Crippen LogP contribution in [0.25, 0.3) is 0 Å². The molecule has 1 N–H and O–H groups in total. The third-order valence-electron chi connectivity index (χ3n) is 2.67. The highest BCUT2D eigenvalue weighted by Crippen LogP contribution is 2.21. The molecule has 2 aromatic heterocycles. The van der Waals surface area contributed by atoms with Crippen LogP contribution >= 0.6 is 0 Å². The van der Waals surface area contributed by atoms with Crippen LogP contribution in [-0.4, -0.2) is 21.8 Å². The summed E-state index contributed by atoms with van der Waals surface area (Å²) >= 11 is 0. The molecule has 0 radical (unpaired) electrons. The fraction of sp³-hybridized carbons (Fsp3) is 0.333. The van der Waals surface area contributed by atoms with E-state index >= 15 is 0 Å². The van der Waals surface area contributed by atoms with E-state index in [9.17, 15) is 0 Å². The highest BCUT2D eigenvalue weighted by atomic mass is 15.2. The van der Waals surface area contributed by atoms with E-state index in [-0.39, 0.29) is 6.04 Å². The summed E-state index contributed by atoms with van der Waals surface area (Å²) in [6.45, 7) is 2.07. The number of pyridine rings is 1. The maximum absolute atomic E-state index is 4.44. The minimum absolute atomic E-state index is 0.106. The first-order valence-electron chi connectivity index (χ1n) is 5.29. The molecule has 0 aliphatic rings.